The molecule has 0 bridgehead atoms. The summed E-state index contributed by atoms with van der Waals surface area (Å²) in [6, 6.07) is 3.70. The molecule has 0 saturated heterocycles. The van der Waals surface area contributed by atoms with E-state index in [-0.39, 0.29) is 27.7 Å². The second-order valence-electron chi connectivity index (χ2n) is 3.49. The van der Waals surface area contributed by atoms with E-state index in [1.807, 2.05) is 0 Å². The SMILES string of the molecule is Nc1nccnc1Oc1ccc(OC(F)(F)F)c(Br)c1. The molecule has 1 heterocycles. The fourth-order valence-corrected chi connectivity index (χ4v) is 1.72. The van der Waals surface area contributed by atoms with Crippen LogP contribution in [0.1, 0.15) is 0 Å². The van der Waals surface area contributed by atoms with E-state index in [2.05, 4.69) is 30.6 Å². The number of nitrogen functional groups attached to an aromatic ring is 1. The molecule has 20 heavy (non-hydrogen) atoms. The summed E-state index contributed by atoms with van der Waals surface area (Å²) in [5, 5.41) is 0. The fourth-order valence-electron chi connectivity index (χ4n) is 1.28. The maximum Gasteiger partial charge on any atom is 0.573 e. The number of halogens is 4. The maximum atomic E-state index is 12.1. The Balaban J connectivity index is 2.19. The van der Waals surface area contributed by atoms with E-state index in [4.69, 9.17) is 10.5 Å². The summed E-state index contributed by atoms with van der Waals surface area (Å²) in [5.41, 5.74) is 5.54. The van der Waals surface area contributed by atoms with E-state index in [9.17, 15) is 13.2 Å². The number of ether oxygens (including phenoxy) is 2. The van der Waals surface area contributed by atoms with E-state index in [0.29, 0.717) is 0 Å². The Morgan fingerprint density at radius 3 is 2.45 bits per heavy atom. The number of alkyl halides is 3. The van der Waals surface area contributed by atoms with Crippen molar-refractivity contribution in [3.05, 3.63) is 35.1 Å². The van der Waals surface area contributed by atoms with E-state index in [1.165, 1.54) is 24.5 Å². The molecule has 0 unspecified atom stereocenters. The molecule has 106 valence electrons. The topological polar surface area (TPSA) is 70.3 Å². The number of benzene rings is 1. The summed E-state index contributed by atoms with van der Waals surface area (Å²) in [6.07, 6.45) is -2.00. The van der Waals surface area contributed by atoms with Gasteiger partial charge in [0.15, 0.2) is 5.82 Å². The van der Waals surface area contributed by atoms with Gasteiger partial charge in [-0.2, -0.15) is 0 Å². The number of rotatable bonds is 3. The number of nitrogens with two attached hydrogens (primary N) is 1. The zero-order valence-corrected chi connectivity index (χ0v) is 11.3. The summed E-state index contributed by atoms with van der Waals surface area (Å²) in [4.78, 5) is 7.62. The standard InChI is InChI=1S/C11H7BrF3N3O2/c12-7-5-6(1-2-8(7)20-11(13,14)15)19-10-9(16)17-3-4-18-10/h1-5H,(H2,16,17). The lowest BCUT2D eigenvalue weighted by Crippen LogP contribution is -2.17. The van der Waals surface area contributed by atoms with Crippen molar-refractivity contribution in [2.45, 2.75) is 6.36 Å². The molecule has 5 nitrogen and oxygen atoms in total. The third-order valence-electron chi connectivity index (χ3n) is 2.03. The van der Waals surface area contributed by atoms with Gasteiger partial charge in [-0.25, -0.2) is 9.97 Å². The van der Waals surface area contributed by atoms with Crippen LogP contribution in [0.5, 0.6) is 17.4 Å². The molecule has 2 aromatic rings. The van der Waals surface area contributed by atoms with Crippen LogP contribution >= 0.6 is 15.9 Å². The Morgan fingerprint density at radius 1 is 1.15 bits per heavy atom. The monoisotopic (exact) mass is 349 g/mol. The predicted octanol–water partition coefficient (Wildman–Crippen LogP) is 3.51. The average Bonchev–Trinajstić information content (AvgIpc) is 2.34. The minimum Gasteiger partial charge on any atom is -0.436 e. The van der Waals surface area contributed by atoms with Gasteiger partial charge in [-0.15, -0.1) is 13.2 Å². The van der Waals surface area contributed by atoms with E-state index >= 15 is 0 Å². The zero-order valence-electron chi connectivity index (χ0n) is 9.69. The van der Waals surface area contributed by atoms with Crippen LogP contribution in [-0.2, 0) is 0 Å². The Hall–Kier alpha value is -2.03. The van der Waals surface area contributed by atoms with Crippen molar-refractivity contribution in [3.8, 4) is 17.4 Å². The lowest BCUT2D eigenvalue weighted by molar-refractivity contribution is -0.274. The highest BCUT2D eigenvalue weighted by Crippen LogP contribution is 2.34. The van der Waals surface area contributed by atoms with Crippen LogP contribution in [0.25, 0.3) is 0 Å². The summed E-state index contributed by atoms with van der Waals surface area (Å²) < 4.78 is 45.5. The van der Waals surface area contributed by atoms with Crippen molar-refractivity contribution in [1.82, 2.24) is 9.97 Å². The minimum absolute atomic E-state index is 0.0592. The number of nitrogens with zero attached hydrogens (tertiary/aromatic N) is 2. The van der Waals surface area contributed by atoms with Gasteiger partial charge < -0.3 is 15.2 Å². The van der Waals surface area contributed by atoms with E-state index in [1.54, 1.807) is 0 Å². The lowest BCUT2D eigenvalue weighted by Gasteiger charge is -2.12. The highest BCUT2D eigenvalue weighted by atomic mass is 79.9. The normalized spacial score (nSPS) is 11.2. The first-order chi connectivity index (χ1) is 9.35. The molecule has 1 aromatic heterocycles. The van der Waals surface area contributed by atoms with Crippen molar-refractivity contribution < 1.29 is 22.6 Å². The molecule has 0 spiro atoms. The molecule has 2 N–H and O–H groups in total. The average molecular weight is 350 g/mol. The molecule has 9 heteroatoms. The second kappa shape index (κ2) is 5.53. The van der Waals surface area contributed by atoms with Crippen LogP contribution in [0.2, 0.25) is 0 Å². The first-order valence-electron chi connectivity index (χ1n) is 5.15. The van der Waals surface area contributed by atoms with Crippen molar-refractivity contribution in [3.63, 3.8) is 0 Å². The number of aromatic nitrogens is 2. The Labute approximate surface area is 119 Å². The van der Waals surface area contributed by atoms with Crippen molar-refractivity contribution >= 4 is 21.7 Å². The molecule has 0 aliphatic heterocycles. The first-order valence-corrected chi connectivity index (χ1v) is 5.94. The van der Waals surface area contributed by atoms with E-state index < -0.39 is 6.36 Å². The highest BCUT2D eigenvalue weighted by molar-refractivity contribution is 9.10. The summed E-state index contributed by atoms with van der Waals surface area (Å²) in [5.74, 6) is -0.0151. The van der Waals surface area contributed by atoms with E-state index in [0.717, 1.165) is 6.07 Å². The maximum absolute atomic E-state index is 12.1. The van der Waals surface area contributed by atoms with Crippen molar-refractivity contribution in [2.24, 2.45) is 0 Å². The van der Waals surface area contributed by atoms with Crippen molar-refractivity contribution in [2.75, 3.05) is 5.73 Å². The Kier molecular flexibility index (Phi) is 3.98. The van der Waals surface area contributed by atoms with Crippen molar-refractivity contribution in [1.29, 1.82) is 0 Å². The summed E-state index contributed by atoms with van der Waals surface area (Å²) in [6.45, 7) is 0. The van der Waals surface area contributed by atoms with Crippen LogP contribution in [0, 0.1) is 0 Å². The Bertz CT molecular complexity index is 622. The van der Waals surface area contributed by atoms with Crippen LogP contribution < -0.4 is 15.2 Å². The molecule has 0 saturated carbocycles. The molecular weight excluding hydrogens is 343 g/mol. The van der Waals surface area contributed by atoms with Crippen LogP contribution in [0.15, 0.2) is 35.1 Å². The molecule has 0 aliphatic rings. The van der Waals surface area contributed by atoms with Crippen LogP contribution in [0.4, 0.5) is 19.0 Å². The van der Waals surface area contributed by atoms with Gasteiger partial charge in [-0.3, -0.25) is 0 Å². The Morgan fingerprint density at radius 2 is 1.85 bits per heavy atom. The first kappa shape index (κ1) is 14.4. The lowest BCUT2D eigenvalue weighted by atomic mass is 10.3. The minimum atomic E-state index is -4.76. The predicted molar refractivity (Wildman–Crippen MR) is 67.3 cm³/mol. The summed E-state index contributed by atoms with van der Waals surface area (Å²) in [7, 11) is 0. The van der Waals surface area contributed by atoms with Gasteiger partial charge in [-0.05, 0) is 34.1 Å². The molecular formula is C11H7BrF3N3O2. The molecule has 0 amide bonds. The number of anilines is 1. The molecule has 0 atom stereocenters. The molecule has 0 aliphatic carbocycles. The molecule has 0 radical (unpaired) electrons. The third-order valence-corrected chi connectivity index (χ3v) is 2.65. The highest BCUT2D eigenvalue weighted by Gasteiger charge is 2.32. The van der Waals surface area contributed by atoms with Gasteiger partial charge >= 0.3 is 6.36 Å². The molecule has 1 aromatic carbocycles. The van der Waals surface area contributed by atoms with Crippen LogP contribution in [-0.4, -0.2) is 16.3 Å². The van der Waals surface area contributed by atoms with Gasteiger partial charge in [0.2, 0.25) is 0 Å². The van der Waals surface area contributed by atoms with Gasteiger partial charge in [0.25, 0.3) is 5.88 Å². The molecule has 2 rings (SSSR count). The van der Waals surface area contributed by atoms with Gasteiger partial charge in [-0.1, -0.05) is 0 Å². The molecule has 0 fully saturated rings. The largest absolute Gasteiger partial charge is 0.573 e. The number of hydrogen-bond donors (Lipinski definition) is 1. The quantitative estimate of drug-likeness (QED) is 0.917. The summed E-state index contributed by atoms with van der Waals surface area (Å²) >= 11 is 2.96. The smallest absolute Gasteiger partial charge is 0.436 e. The zero-order chi connectivity index (χ0) is 14.8. The van der Waals surface area contributed by atoms with Gasteiger partial charge in [0.05, 0.1) is 4.47 Å². The van der Waals surface area contributed by atoms with Gasteiger partial charge in [0, 0.05) is 12.4 Å². The van der Waals surface area contributed by atoms with Crippen LogP contribution in [0.3, 0.4) is 0 Å². The second-order valence-corrected chi connectivity index (χ2v) is 4.34. The fraction of sp³-hybridized carbons (Fsp3) is 0.0909. The third kappa shape index (κ3) is 3.73. The number of hydrogen-bond acceptors (Lipinski definition) is 5. The van der Waals surface area contributed by atoms with Gasteiger partial charge in [0.1, 0.15) is 11.5 Å².